The number of hydrogen-bond acceptors (Lipinski definition) is 6. The van der Waals surface area contributed by atoms with Crippen molar-refractivity contribution in [1.82, 2.24) is 15.3 Å². The minimum atomic E-state index is -4.47. The van der Waals surface area contributed by atoms with Crippen LogP contribution in [0.25, 0.3) is 22.2 Å². The Bertz CT molecular complexity index is 1470. The highest BCUT2D eigenvalue weighted by Gasteiger charge is 2.31. The molecule has 7 nitrogen and oxygen atoms in total. The lowest BCUT2D eigenvalue weighted by Crippen LogP contribution is -2.34. The highest BCUT2D eigenvalue weighted by atomic mass is 19.4. The first-order chi connectivity index (χ1) is 18.7. The van der Waals surface area contributed by atoms with Crippen molar-refractivity contribution in [3.05, 3.63) is 83.7 Å². The summed E-state index contributed by atoms with van der Waals surface area (Å²) in [6, 6.07) is 15.2. The van der Waals surface area contributed by atoms with E-state index in [2.05, 4.69) is 15.3 Å². The van der Waals surface area contributed by atoms with E-state index in [1.165, 1.54) is 18.5 Å². The van der Waals surface area contributed by atoms with Crippen LogP contribution in [0.2, 0.25) is 0 Å². The third-order valence-corrected chi connectivity index (χ3v) is 6.87. The van der Waals surface area contributed by atoms with E-state index in [1.54, 1.807) is 31.4 Å². The fraction of sp³-hybridized carbons (Fsp3) is 0.276. The van der Waals surface area contributed by atoms with Crippen LogP contribution in [0.4, 0.5) is 13.2 Å². The molecule has 1 aliphatic heterocycles. The highest BCUT2D eigenvalue weighted by molar-refractivity contribution is 5.94. The Morgan fingerprint density at radius 3 is 2.21 bits per heavy atom. The van der Waals surface area contributed by atoms with Gasteiger partial charge in [0.2, 0.25) is 5.91 Å². The topological polar surface area (TPSA) is 99.4 Å². The summed E-state index contributed by atoms with van der Waals surface area (Å²) < 4.78 is 50.8. The highest BCUT2D eigenvalue weighted by Crippen LogP contribution is 2.37. The molecule has 39 heavy (non-hydrogen) atoms. The maximum atomic E-state index is 13.0. The summed E-state index contributed by atoms with van der Waals surface area (Å²) in [6.45, 7) is 1.78. The van der Waals surface area contributed by atoms with Gasteiger partial charge in [-0.3, -0.25) is 4.79 Å². The number of piperidine rings is 1. The minimum absolute atomic E-state index is 0.0703. The number of aromatic nitrogens is 2. The van der Waals surface area contributed by atoms with Crippen molar-refractivity contribution >= 4 is 16.8 Å². The molecule has 1 amide bonds. The number of carbonyl (C=O) groups excluding carboxylic acids is 1. The largest absolute Gasteiger partial charge is 0.493 e. The molecule has 0 bridgehead atoms. The van der Waals surface area contributed by atoms with Crippen molar-refractivity contribution in [1.29, 1.82) is 0 Å². The standard InChI is InChI=1S/C29H27F3N4O3/c1-38-24-15-23-22(14-25(24)39-21-10-12-34-13-11-21)27(36-16-35-23)19-4-2-17(3-5-19)26(28(33)37)18-6-8-20(9-7-18)29(30,31)32/h2-9,14-16,21,26,34H,10-13H2,1H3,(H2,33,37). The van der Waals surface area contributed by atoms with Crippen molar-refractivity contribution in [3.63, 3.8) is 0 Å². The van der Waals surface area contributed by atoms with Crippen LogP contribution in [0.3, 0.4) is 0 Å². The molecule has 10 heteroatoms. The van der Waals surface area contributed by atoms with Crippen molar-refractivity contribution in [2.75, 3.05) is 20.2 Å². The molecule has 1 aromatic heterocycles. The van der Waals surface area contributed by atoms with Gasteiger partial charge in [0.25, 0.3) is 0 Å². The lowest BCUT2D eigenvalue weighted by molar-refractivity contribution is -0.137. The van der Waals surface area contributed by atoms with Gasteiger partial charge in [-0.1, -0.05) is 36.4 Å². The zero-order valence-corrected chi connectivity index (χ0v) is 21.2. The Morgan fingerprint density at radius 1 is 0.974 bits per heavy atom. The van der Waals surface area contributed by atoms with Gasteiger partial charge in [0.1, 0.15) is 12.4 Å². The number of nitrogens with two attached hydrogens (primary N) is 1. The van der Waals surface area contributed by atoms with Crippen LogP contribution >= 0.6 is 0 Å². The summed E-state index contributed by atoms with van der Waals surface area (Å²) in [5.74, 6) is -0.373. The molecule has 1 fully saturated rings. The Labute approximate surface area is 223 Å². The normalized spacial score (nSPS) is 15.2. The number of benzene rings is 3. The zero-order valence-electron chi connectivity index (χ0n) is 21.2. The molecule has 202 valence electrons. The van der Waals surface area contributed by atoms with Crippen molar-refractivity contribution in [2.45, 2.75) is 31.0 Å². The molecule has 1 unspecified atom stereocenters. The average molecular weight is 537 g/mol. The summed E-state index contributed by atoms with van der Waals surface area (Å²) in [5.41, 5.74) is 7.90. The number of primary amides is 1. The minimum Gasteiger partial charge on any atom is -0.493 e. The first-order valence-corrected chi connectivity index (χ1v) is 12.5. The van der Waals surface area contributed by atoms with Crippen LogP contribution in [0, 0.1) is 0 Å². The number of hydrogen-bond donors (Lipinski definition) is 2. The number of rotatable bonds is 7. The van der Waals surface area contributed by atoms with Gasteiger partial charge in [0, 0.05) is 17.0 Å². The van der Waals surface area contributed by atoms with E-state index in [4.69, 9.17) is 15.2 Å². The lowest BCUT2D eigenvalue weighted by Gasteiger charge is -2.25. The monoisotopic (exact) mass is 536 g/mol. The Morgan fingerprint density at radius 2 is 1.62 bits per heavy atom. The molecule has 0 spiro atoms. The van der Waals surface area contributed by atoms with Gasteiger partial charge in [-0.15, -0.1) is 0 Å². The zero-order chi connectivity index (χ0) is 27.6. The van der Waals surface area contributed by atoms with E-state index in [9.17, 15) is 18.0 Å². The van der Waals surface area contributed by atoms with Gasteiger partial charge in [0.15, 0.2) is 11.5 Å². The van der Waals surface area contributed by atoms with Gasteiger partial charge in [0.05, 0.1) is 29.8 Å². The van der Waals surface area contributed by atoms with Crippen LogP contribution in [0.1, 0.15) is 35.4 Å². The second kappa shape index (κ2) is 10.9. The number of nitrogens with one attached hydrogen (secondary N) is 1. The number of alkyl halides is 3. The Balaban J connectivity index is 1.48. The second-order valence-electron chi connectivity index (χ2n) is 9.39. The summed E-state index contributed by atoms with van der Waals surface area (Å²) in [7, 11) is 1.59. The molecule has 4 aromatic rings. The Kier molecular flexibility index (Phi) is 7.38. The molecule has 1 saturated heterocycles. The van der Waals surface area contributed by atoms with Crippen LogP contribution < -0.4 is 20.5 Å². The molecule has 0 radical (unpaired) electrons. The molecular weight excluding hydrogens is 509 g/mol. The quantitative estimate of drug-likeness (QED) is 0.342. The number of carbonyl (C=O) groups is 1. The van der Waals surface area contributed by atoms with E-state index in [1.807, 2.05) is 12.1 Å². The predicted octanol–water partition coefficient (Wildman–Crippen LogP) is 5.07. The van der Waals surface area contributed by atoms with Crippen LogP contribution in [-0.2, 0) is 11.0 Å². The number of nitrogens with zero attached hydrogens (tertiary/aromatic N) is 2. The number of amides is 1. The fourth-order valence-electron chi connectivity index (χ4n) is 4.86. The van der Waals surface area contributed by atoms with E-state index >= 15 is 0 Å². The number of ether oxygens (including phenoxy) is 2. The van der Waals surface area contributed by atoms with Crippen molar-refractivity contribution < 1.29 is 27.4 Å². The van der Waals surface area contributed by atoms with Crippen LogP contribution in [-0.4, -0.2) is 42.2 Å². The maximum absolute atomic E-state index is 13.0. The maximum Gasteiger partial charge on any atom is 0.416 e. The first-order valence-electron chi connectivity index (χ1n) is 12.5. The summed E-state index contributed by atoms with van der Waals surface area (Å²) in [5, 5.41) is 4.09. The molecule has 1 atom stereocenters. The number of methoxy groups -OCH3 is 1. The molecule has 3 N–H and O–H groups in total. The summed E-state index contributed by atoms with van der Waals surface area (Å²) in [6.07, 6.45) is -1.15. The van der Waals surface area contributed by atoms with Crippen molar-refractivity contribution in [2.24, 2.45) is 5.73 Å². The van der Waals surface area contributed by atoms with Gasteiger partial charge < -0.3 is 20.5 Å². The predicted molar refractivity (Wildman–Crippen MR) is 141 cm³/mol. The third-order valence-electron chi connectivity index (χ3n) is 6.87. The van der Waals surface area contributed by atoms with E-state index in [-0.39, 0.29) is 6.10 Å². The third kappa shape index (κ3) is 5.65. The van der Waals surface area contributed by atoms with Crippen LogP contribution in [0.5, 0.6) is 11.5 Å². The van der Waals surface area contributed by atoms with Gasteiger partial charge in [-0.25, -0.2) is 9.97 Å². The molecule has 3 aromatic carbocycles. The van der Waals surface area contributed by atoms with Crippen LogP contribution in [0.15, 0.2) is 67.0 Å². The van der Waals surface area contributed by atoms with Gasteiger partial charge in [-0.2, -0.15) is 13.2 Å². The molecule has 1 aliphatic rings. The van der Waals surface area contributed by atoms with E-state index in [0.29, 0.717) is 33.8 Å². The van der Waals surface area contributed by atoms with Gasteiger partial charge >= 0.3 is 6.18 Å². The lowest BCUT2D eigenvalue weighted by atomic mass is 9.89. The second-order valence-corrected chi connectivity index (χ2v) is 9.39. The average Bonchev–Trinajstić information content (AvgIpc) is 2.93. The SMILES string of the molecule is COc1cc2ncnc(-c3ccc(C(C(N)=O)c4ccc(C(F)(F)F)cc4)cc3)c2cc1OC1CCNCC1. The number of halogens is 3. The van der Waals surface area contributed by atoms with E-state index < -0.39 is 23.6 Å². The molecule has 2 heterocycles. The molecule has 0 aliphatic carbocycles. The fourth-order valence-corrected chi connectivity index (χ4v) is 4.86. The molecule has 0 saturated carbocycles. The smallest absolute Gasteiger partial charge is 0.416 e. The van der Waals surface area contributed by atoms with Gasteiger partial charge in [-0.05, 0) is 55.3 Å². The van der Waals surface area contributed by atoms with Crippen molar-refractivity contribution in [3.8, 4) is 22.8 Å². The summed E-state index contributed by atoms with van der Waals surface area (Å²) >= 11 is 0. The molecule has 5 rings (SSSR count). The summed E-state index contributed by atoms with van der Waals surface area (Å²) in [4.78, 5) is 21.2. The molecular formula is C29H27F3N4O3. The Hall–Kier alpha value is -4.18. The first kappa shape index (κ1) is 26.4. The number of fused-ring (bicyclic) bond motifs is 1. The van der Waals surface area contributed by atoms with E-state index in [0.717, 1.165) is 49.0 Å².